The Kier molecular flexibility index (Phi) is 5.42. The van der Waals surface area contributed by atoms with Gasteiger partial charge in [-0.1, -0.05) is 54.6 Å². The van der Waals surface area contributed by atoms with Crippen molar-refractivity contribution in [2.45, 2.75) is 13.3 Å². The molecule has 0 saturated carbocycles. The van der Waals surface area contributed by atoms with Crippen LogP contribution in [0.15, 0.2) is 72.9 Å². The molecule has 1 heterocycles. The molecule has 0 aliphatic heterocycles. The summed E-state index contributed by atoms with van der Waals surface area (Å²) in [5, 5.41) is 2.77. The summed E-state index contributed by atoms with van der Waals surface area (Å²) in [5.74, 6) is 1.21. The van der Waals surface area contributed by atoms with Gasteiger partial charge in [-0.15, -0.1) is 0 Å². The van der Waals surface area contributed by atoms with Gasteiger partial charge in [-0.2, -0.15) is 0 Å². The van der Waals surface area contributed by atoms with E-state index in [9.17, 15) is 4.79 Å². The Hall–Kier alpha value is -3.14. The number of rotatable bonds is 6. The van der Waals surface area contributed by atoms with Crippen LogP contribution in [0.1, 0.15) is 12.0 Å². The molecule has 126 valence electrons. The first-order valence-corrected chi connectivity index (χ1v) is 8.22. The Bertz CT molecular complexity index is 830. The summed E-state index contributed by atoms with van der Waals surface area (Å²) >= 11 is 0. The first kappa shape index (κ1) is 16.7. The van der Waals surface area contributed by atoms with Crippen molar-refractivity contribution in [3.05, 3.63) is 78.5 Å². The average Bonchev–Trinajstić information content (AvgIpc) is 2.65. The van der Waals surface area contributed by atoms with Gasteiger partial charge in [0.05, 0.1) is 13.0 Å². The molecular formula is C21H20N2O2. The van der Waals surface area contributed by atoms with E-state index in [1.807, 2.05) is 67.6 Å². The predicted molar refractivity (Wildman–Crippen MR) is 99.6 cm³/mol. The Balaban J connectivity index is 1.57. The maximum Gasteiger partial charge on any atom is 0.228 e. The largest absolute Gasteiger partial charge is 0.492 e. The minimum Gasteiger partial charge on any atom is -0.492 e. The molecule has 1 N–H and O–H groups in total. The number of ether oxygens (including phenoxy) is 1. The third-order valence-corrected chi connectivity index (χ3v) is 3.74. The first-order valence-electron chi connectivity index (χ1n) is 8.22. The fourth-order valence-corrected chi connectivity index (χ4v) is 2.45. The Morgan fingerprint density at radius 1 is 1.00 bits per heavy atom. The van der Waals surface area contributed by atoms with Gasteiger partial charge >= 0.3 is 0 Å². The van der Waals surface area contributed by atoms with E-state index in [1.54, 1.807) is 12.3 Å². The third-order valence-electron chi connectivity index (χ3n) is 3.74. The van der Waals surface area contributed by atoms with Crippen LogP contribution in [0, 0.1) is 6.92 Å². The van der Waals surface area contributed by atoms with Gasteiger partial charge in [0.25, 0.3) is 0 Å². The highest BCUT2D eigenvalue weighted by Gasteiger charge is 2.07. The zero-order valence-corrected chi connectivity index (χ0v) is 14.1. The zero-order valence-electron chi connectivity index (χ0n) is 14.1. The van der Waals surface area contributed by atoms with Gasteiger partial charge in [-0.25, -0.2) is 4.98 Å². The molecule has 2 aromatic carbocycles. The quantitative estimate of drug-likeness (QED) is 0.725. The normalized spacial score (nSPS) is 10.3. The molecule has 0 atom stereocenters. The molecule has 0 unspecified atom stereocenters. The minimum atomic E-state index is -0.117. The molecule has 0 bridgehead atoms. The lowest BCUT2D eigenvalue weighted by molar-refractivity contribution is -0.116. The molecule has 4 nitrogen and oxygen atoms in total. The summed E-state index contributed by atoms with van der Waals surface area (Å²) in [5.41, 5.74) is 3.16. The topological polar surface area (TPSA) is 51.2 Å². The molecule has 0 aliphatic carbocycles. The summed E-state index contributed by atoms with van der Waals surface area (Å²) in [6, 6.07) is 21.6. The second-order valence-electron chi connectivity index (χ2n) is 5.73. The molecule has 0 aliphatic rings. The van der Waals surface area contributed by atoms with Crippen LogP contribution in [-0.2, 0) is 4.79 Å². The Labute approximate surface area is 147 Å². The number of benzene rings is 2. The number of carbonyl (C=O) groups excluding carboxylic acids is 1. The molecule has 3 rings (SSSR count). The van der Waals surface area contributed by atoms with Crippen LogP contribution in [0.2, 0.25) is 0 Å². The Morgan fingerprint density at radius 3 is 2.52 bits per heavy atom. The van der Waals surface area contributed by atoms with Crippen molar-refractivity contribution in [3.8, 4) is 16.9 Å². The summed E-state index contributed by atoms with van der Waals surface area (Å²) in [4.78, 5) is 16.2. The molecule has 0 radical (unpaired) electrons. The number of aromatic nitrogens is 1. The number of para-hydroxylation sites is 1. The number of aryl methyl sites for hydroxylation is 1. The minimum absolute atomic E-state index is 0.117. The van der Waals surface area contributed by atoms with Gasteiger partial charge in [0.15, 0.2) is 0 Å². The molecule has 0 spiro atoms. The van der Waals surface area contributed by atoms with Crippen molar-refractivity contribution in [1.29, 1.82) is 0 Å². The smallest absolute Gasteiger partial charge is 0.228 e. The number of pyridine rings is 1. The predicted octanol–water partition coefficient (Wildman–Crippen LogP) is 4.46. The highest BCUT2D eigenvalue weighted by atomic mass is 16.5. The van der Waals surface area contributed by atoms with Gasteiger partial charge in [-0.05, 0) is 30.2 Å². The lowest BCUT2D eigenvalue weighted by Crippen LogP contribution is -2.16. The van der Waals surface area contributed by atoms with Crippen molar-refractivity contribution in [2.75, 3.05) is 11.9 Å². The fourth-order valence-electron chi connectivity index (χ4n) is 2.45. The fraction of sp³-hybridized carbons (Fsp3) is 0.143. The van der Waals surface area contributed by atoms with Gasteiger partial charge in [-0.3, -0.25) is 4.79 Å². The second kappa shape index (κ2) is 8.11. The zero-order chi connectivity index (χ0) is 17.5. The van der Waals surface area contributed by atoms with E-state index in [0.717, 1.165) is 22.4 Å². The van der Waals surface area contributed by atoms with E-state index < -0.39 is 0 Å². The molecule has 3 aromatic rings. The molecular weight excluding hydrogens is 312 g/mol. The summed E-state index contributed by atoms with van der Waals surface area (Å²) in [7, 11) is 0. The lowest BCUT2D eigenvalue weighted by Gasteiger charge is -2.11. The van der Waals surface area contributed by atoms with Gasteiger partial charge in [0.1, 0.15) is 11.6 Å². The van der Waals surface area contributed by atoms with E-state index in [2.05, 4.69) is 10.3 Å². The van der Waals surface area contributed by atoms with Crippen molar-refractivity contribution in [2.24, 2.45) is 0 Å². The second-order valence-corrected chi connectivity index (χ2v) is 5.73. The van der Waals surface area contributed by atoms with E-state index >= 15 is 0 Å². The van der Waals surface area contributed by atoms with Gasteiger partial charge in [0.2, 0.25) is 5.91 Å². The highest BCUT2D eigenvalue weighted by molar-refractivity contribution is 5.89. The molecule has 1 aromatic heterocycles. The number of hydrogen-bond donors (Lipinski definition) is 1. The van der Waals surface area contributed by atoms with Crippen LogP contribution in [0.4, 0.5) is 5.82 Å². The number of hydrogen-bond acceptors (Lipinski definition) is 3. The van der Waals surface area contributed by atoms with Crippen LogP contribution in [0.25, 0.3) is 11.1 Å². The maximum absolute atomic E-state index is 12.0. The van der Waals surface area contributed by atoms with Crippen molar-refractivity contribution in [1.82, 2.24) is 4.98 Å². The molecule has 4 heteroatoms. The summed E-state index contributed by atoms with van der Waals surface area (Å²) in [6.07, 6.45) is 1.99. The van der Waals surface area contributed by atoms with Crippen LogP contribution in [0.5, 0.6) is 5.75 Å². The van der Waals surface area contributed by atoms with E-state index in [-0.39, 0.29) is 12.3 Å². The van der Waals surface area contributed by atoms with E-state index in [4.69, 9.17) is 4.74 Å². The SMILES string of the molecule is Cc1ccc(NC(=O)CCOc2ccccc2-c2ccccc2)nc1. The standard InChI is InChI=1S/C21H20N2O2/c1-16-11-12-20(22-15-16)23-21(24)13-14-25-19-10-6-5-9-18(19)17-7-3-2-4-8-17/h2-12,15H,13-14H2,1H3,(H,22,23,24). The van der Waals surface area contributed by atoms with Gasteiger partial charge in [0, 0.05) is 11.8 Å². The Morgan fingerprint density at radius 2 is 1.76 bits per heavy atom. The van der Waals surface area contributed by atoms with E-state index in [0.29, 0.717) is 12.4 Å². The van der Waals surface area contributed by atoms with Crippen LogP contribution in [-0.4, -0.2) is 17.5 Å². The van der Waals surface area contributed by atoms with E-state index in [1.165, 1.54) is 0 Å². The van der Waals surface area contributed by atoms with Gasteiger partial charge < -0.3 is 10.1 Å². The third kappa shape index (κ3) is 4.67. The lowest BCUT2D eigenvalue weighted by atomic mass is 10.1. The summed E-state index contributed by atoms with van der Waals surface area (Å²) < 4.78 is 5.84. The molecule has 25 heavy (non-hydrogen) atoms. The number of nitrogens with zero attached hydrogens (tertiary/aromatic N) is 1. The van der Waals surface area contributed by atoms with Crippen molar-refractivity contribution in [3.63, 3.8) is 0 Å². The maximum atomic E-state index is 12.0. The molecule has 0 saturated heterocycles. The van der Waals surface area contributed by atoms with Crippen molar-refractivity contribution < 1.29 is 9.53 Å². The van der Waals surface area contributed by atoms with Crippen LogP contribution >= 0.6 is 0 Å². The van der Waals surface area contributed by atoms with Crippen LogP contribution < -0.4 is 10.1 Å². The molecule has 1 amide bonds. The van der Waals surface area contributed by atoms with Crippen molar-refractivity contribution >= 4 is 11.7 Å². The average molecular weight is 332 g/mol. The number of nitrogens with one attached hydrogen (secondary N) is 1. The highest BCUT2D eigenvalue weighted by Crippen LogP contribution is 2.29. The number of amides is 1. The first-order chi connectivity index (χ1) is 12.2. The number of carbonyl (C=O) groups is 1. The summed E-state index contributed by atoms with van der Waals surface area (Å²) in [6.45, 7) is 2.26. The number of anilines is 1. The van der Waals surface area contributed by atoms with Crippen LogP contribution in [0.3, 0.4) is 0 Å². The molecule has 0 fully saturated rings. The monoisotopic (exact) mass is 332 g/mol.